The summed E-state index contributed by atoms with van der Waals surface area (Å²) in [4.78, 5) is 41.0. The number of carbonyl (C=O) groups is 2. The molecule has 7 nitrogen and oxygen atoms in total. The van der Waals surface area contributed by atoms with Crippen LogP contribution in [0, 0.1) is 0 Å². The van der Waals surface area contributed by atoms with E-state index < -0.39 is 12.6 Å². The average molecular weight is 480 g/mol. The maximum Gasteiger partial charge on any atom is 0.359 e. The number of fused-ring (bicyclic) bond motifs is 2. The topological polar surface area (TPSA) is 81.5 Å². The molecule has 0 fully saturated rings. The number of hydrogen-bond donors (Lipinski definition) is 0. The Morgan fingerprint density at radius 1 is 0.917 bits per heavy atom. The standard InChI is InChI=1S/C29H25N3O4/c1-29(2)23-15-9-10-16-24(23)31(3)25(29)17-20(33)18-36-28(35)26-21-13-7-8-14-22(21)27(34)32(30-26)19-11-5-4-6-12-19/h4-17H,18H2,1-3H3/b25-17-. The molecule has 7 heteroatoms. The Bertz CT molecular complexity index is 1590. The Morgan fingerprint density at radius 2 is 1.56 bits per heavy atom. The second-order valence-electron chi connectivity index (χ2n) is 9.22. The fourth-order valence-corrected chi connectivity index (χ4v) is 4.74. The minimum absolute atomic E-state index is 0.0276. The first-order chi connectivity index (χ1) is 17.3. The lowest BCUT2D eigenvalue weighted by Crippen LogP contribution is -2.26. The first-order valence-corrected chi connectivity index (χ1v) is 11.6. The quantitative estimate of drug-likeness (QED) is 0.311. The molecule has 0 saturated heterocycles. The predicted molar refractivity (Wildman–Crippen MR) is 139 cm³/mol. The first-order valence-electron chi connectivity index (χ1n) is 11.6. The van der Waals surface area contributed by atoms with Crippen molar-refractivity contribution in [2.45, 2.75) is 19.3 Å². The van der Waals surface area contributed by atoms with Crippen LogP contribution in [0.2, 0.25) is 0 Å². The van der Waals surface area contributed by atoms with Gasteiger partial charge in [0.25, 0.3) is 5.56 Å². The van der Waals surface area contributed by atoms with Crippen LogP contribution in [-0.2, 0) is 14.9 Å². The molecule has 1 aliphatic heterocycles. The lowest BCUT2D eigenvalue weighted by atomic mass is 9.83. The summed E-state index contributed by atoms with van der Waals surface area (Å²) in [7, 11) is 1.92. The molecule has 0 radical (unpaired) electrons. The van der Waals surface area contributed by atoms with Crippen molar-refractivity contribution < 1.29 is 14.3 Å². The highest BCUT2D eigenvalue weighted by molar-refractivity contribution is 6.03. The number of para-hydroxylation sites is 2. The Labute approximate surface area is 208 Å². The van der Waals surface area contributed by atoms with E-state index in [1.807, 2.05) is 36.2 Å². The van der Waals surface area contributed by atoms with Crippen molar-refractivity contribution in [2.75, 3.05) is 18.6 Å². The lowest BCUT2D eigenvalue weighted by molar-refractivity contribution is -0.117. The Balaban J connectivity index is 1.42. The fourth-order valence-electron chi connectivity index (χ4n) is 4.74. The van der Waals surface area contributed by atoms with Crippen LogP contribution in [0.4, 0.5) is 5.69 Å². The van der Waals surface area contributed by atoms with E-state index in [1.54, 1.807) is 48.5 Å². The third-order valence-electron chi connectivity index (χ3n) is 6.58. The molecular formula is C29H25N3O4. The molecule has 36 heavy (non-hydrogen) atoms. The molecule has 0 aliphatic carbocycles. The van der Waals surface area contributed by atoms with Gasteiger partial charge in [0.2, 0.25) is 0 Å². The number of nitrogens with zero attached hydrogens (tertiary/aromatic N) is 3. The number of rotatable bonds is 5. The number of anilines is 1. The van der Waals surface area contributed by atoms with E-state index in [0.717, 1.165) is 16.9 Å². The highest BCUT2D eigenvalue weighted by Gasteiger charge is 2.38. The van der Waals surface area contributed by atoms with Crippen molar-refractivity contribution in [3.05, 3.63) is 112 Å². The van der Waals surface area contributed by atoms with Crippen molar-refractivity contribution >= 4 is 28.2 Å². The van der Waals surface area contributed by atoms with Crippen LogP contribution >= 0.6 is 0 Å². The van der Waals surface area contributed by atoms with Crippen molar-refractivity contribution in [2.24, 2.45) is 0 Å². The van der Waals surface area contributed by atoms with Gasteiger partial charge in [-0.3, -0.25) is 9.59 Å². The van der Waals surface area contributed by atoms with Gasteiger partial charge >= 0.3 is 5.97 Å². The van der Waals surface area contributed by atoms with Crippen molar-refractivity contribution in [3.8, 4) is 5.69 Å². The molecular weight excluding hydrogens is 454 g/mol. The highest BCUT2D eigenvalue weighted by atomic mass is 16.5. The van der Waals surface area contributed by atoms with Gasteiger partial charge in [0.1, 0.15) is 0 Å². The zero-order valence-corrected chi connectivity index (χ0v) is 20.3. The van der Waals surface area contributed by atoms with Crippen LogP contribution < -0.4 is 10.5 Å². The number of aromatic nitrogens is 2. The second kappa shape index (κ2) is 8.92. The number of ketones is 1. The van der Waals surface area contributed by atoms with Gasteiger partial charge in [-0.15, -0.1) is 0 Å². The van der Waals surface area contributed by atoms with Crippen molar-refractivity contribution in [3.63, 3.8) is 0 Å². The van der Waals surface area contributed by atoms with Crippen molar-refractivity contribution in [1.29, 1.82) is 0 Å². The largest absolute Gasteiger partial charge is 0.453 e. The molecule has 1 aliphatic rings. The minimum Gasteiger partial charge on any atom is -0.453 e. The molecule has 3 aromatic carbocycles. The number of ether oxygens (including phenoxy) is 1. The van der Waals surface area contributed by atoms with Gasteiger partial charge in [-0.1, -0.05) is 68.4 Å². The van der Waals surface area contributed by atoms with Gasteiger partial charge in [-0.05, 0) is 29.8 Å². The van der Waals surface area contributed by atoms with Crippen LogP contribution in [0.3, 0.4) is 0 Å². The molecule has 4 aromatic rings. The molecule has 0 unspecified atom stereocenters. The lowest BCUT2D eigenvalue weighted by Gasteiger charge is -2.23. The smallest absolute Gasteiger partial charge is 0.359 e. The van der Waals surface area contributed by atoms with Gasteiger partial charge < -0.3 is 9.64 Å². The maximum atomic E-state index is 13.1. The number of esters is 1. The third kappa shape index (κ3) is 3.88. The van der Waals surface area contributed by atoms with Crippen LogP contribution in [0.25, 0.3) is 16.5 Å². The van der Waals surface area contributed by atoms with Gasteiger partial charge in [0.05, 0.1) is 11.1 Å². The van der Waals surface area contributed by atoms with Gasteiger partial charge in [0.15, 0.2) is 18.1 Å². The molecule has 0 N–H and O–H groups in total. The molecule has 0 atom stereocenters. The highest BCUT2D eigenvalue weighted by Crippen LogP contribution is 2.46. The van der Waals surface area contributed by atoms with Crippen LogP contribution in [0.5, 0.6) is 0 Å². The number of likely N-dealkylation sites (N-methyl/N-ethyl adjacent to an activating group) is 1. The van der Waals surface area contributed by atoms with E-state index in [0.29, 0.717) is 16.5 Å². The zero-order chi connectivity index (χ0) is 25.4. The zero-order valence-electron chi connectivity index (χ0n) is 20.3. The summed E-state index contributed by atoms with van der Waals surface area (Å²) < 4.78 is 6.57. The Hall–Kier alpha value is -4.52. The minimum atomic E-state index is -0.773. The van der Waals surface area contributed by atoms with E-state index in [2.05, 4.69) is 25.0 Å². The molecule has 180 valence electrons. The van der Waals surface area contributed by atoms with Gasteiger partial charge in [0, 0.05) is 35.3 Å². The third-order valence-corrected chi connectivity index (χ3v) is 6.58. The summed E-state index contributed by atoms with van der Waals surface area (Å²) >= 11 is 0. The van der Waals surface area contributed by atoms with E-state index in [-0.39, 0.29) is 22.5 Å². The van der Waals surface area contributed by atoms with E-state index >= 15 is 0 Å². The molecule has 1 aromatic heterocycles. The monoisotopic (exact) mass is 479 g/mol. The number of allylic oxidation sites excluding steroid dienone is 1. The molecule has 0 bridgehead atoms. The van der Waals surface area contributed by atoms with Crippen LogP contribution in [-0.4, -0.2) is 35.2 Å². The molecule has 0 saturated carbocycles. The normalized spacial score (nSPS) is 15.2. The van der Waals surface area contributed by atoms with Gasteiger partial charge in [-0.2, -0.15) is 9.78 Å². The second-order valence-corrected chi connectivity index (χ2v) is 9.22. The van der Waals surface area contributed by atoms with E-state index in [4.69, 9.17) is 4.74 Å². The number of benzene rings is 3. The number of hydrogen-bond acceptors (Lipinski definition) is 6. The number of carbonyl (C=O) groups excluding carboxylic acids is 2. The van der Waals surface area contributed by atoms with Gasteiger partial charge in [-0.25, -0.2) is 4.79 Å². The first kappa shape index (κ1) is 23.2. The molecule has 0 amide bonds. The van der Waals surface area contributed by atoms with E-state index in [9.17, 15) is 14.4 Å². The molecule has 5 rings (SSSR count). The summed E-state index contributed by atoms with van der Waals surface area (Å²) in [6, 6.07) is 23.6. The van der Waals surface area contributed by atoms with Crippen LogP contribution in [0.1, 0.15) is 29.9 Å². The Morgan fingerprint density at radius 3 is 2.28 bits per heavy atom. The van der Waals surface area contributed by atoms with E-state index in [1.165, 1.54) is 10.8 Å². The molecule has 0 spiro atoms. The summed E-state index contributed by atoms with van der Waals surface area (Å²) in [6.45, 7) is 3.68. The molecule has 2 heterocycles. The summed E-state index contributed by atoms with van der Waals surface area (Å²) in [6.07, 6.45) is 1.53. The summed E-state index contributed by atoms with van der Waals surface area (Å²) in [5.74, 6) is -1.11. The maximum absolute atomic E-state index is 13.1. The van der Waals surface area contributed by atoms with Crippen molar-refractivity contribution in [1.82, 2.24) is 9.78 Å². The summed E-state index contributed by atoms with van der Waals surface area (Å²) in [5.41, 5.74) is 2.77. The predicted octanol–water partition coefficient (Wildman–Crippen LogP) is 4.42. The Kier molecular flexibility index (Phi) is 5.76. The summed E-state index contributed by atoms with van der Waals surface area (Å²) in [5, 5.41) is 5.02. The average Bonchev–Trinajstić information content (AvgIpc) is 3.09. The van der Waals surface area contributed by atoms with Crippen LogP contribution in [0.15, 0.2) is 95.4 Å². The fraction of sp³-hybridized carbons (Fsp3) is 0.172. The SMILES string of the molecule is CN1/C(=C\C(=O)COC(=O)c2nn(-c3ccccc3)c(=O)c3ccccc23)C(C)(C)c2ccccc21.